The largest absolute Gasteiger partial charge is 0.481 e. The number of carboxylic acid groups (broad SMARTS) is 1. The van der Waals surface area contributed by atoms with Crippen LogP contribution in [0.25, 0.3) is 0 Å². The molecule has 0 amide bonds. The standard InChI is InChI=1S/C22H28FNO4S/c1-16(2)6-15-21(24-29(27,28)20-13-11-19(23)12-14-20)18-9-7-17(8-10-18)4-3-5-22(25)26/h7-14,16,21,24H,3-6,15H2,1-2H3,(H,25,26). The average molecular weight is 422 g/mol. The van der Waals surface area contributed by atoms with Crippen LogP contribution in [0.2, 0.25) is 0 Å². The first-order valence-electron chi connectivity index (χ1n) is 9.76. The smallest absolute Gasteiger partial charge is 0.303 e. The number of aliphatic carboxylic acids is 1. The van der Waals surface area contributed by atoms with Crippen molar-refractivity contribution in [2.45, 2.75) is 56.9 Å². The predicted molar refractivity (Wildman–Crippen MR) is 111 cm³/mol. The summed E-state index contributed by atoms with van der Waals surface area (Å²) in [5.41, 5.74) is 1.86. The Hall–Kier alpha value is -2.25. The lowest BCUT2D eigenvalue weighted by molar-refractivity contribution is -0.137. The maximum absolute atomic E-state index is 13.1. The molecule has 0 fully saturated rings. The maximum atomic E-state index is 13.1. The van der Waals surface area contributed by atoms with Gasteiger partial charge < -0.3 is 5.11 Å². The van der Waals surface area contributed by atoms with Crippen LogP contribution in [0.5, 0.6) is 0 Å². The van der Waals surface area contributed by atoms with Crippen molar-refractivity contribution in [3.63, 3.8) is 0 Å². The Morgan fingerprint density at radius 2 is 1.66 bits per heavy atom. The minimum absolute atomic E-state index is 0.0266. The second-order valence-corrected chi connectivity index (χ2v) is 9.30. The van der Waals surface area contributed by atoms with Crippen LogP contribution >= 0.6 is 0 Å². The van der Waals surface area contributed by atoms with Crippen molar-refractivity contribution in [3.8, 4) is 0 Å². The van der Waals surface area contributed by atoms with Gasteiger partial charge in [-0.25, -0.2) is 17.5 Å². The molecule has 0 aromatic heterocycles. The highest BCUT2D eigenvalue weighted by molar-refractivity contribution is 7.89. The fourth-order valence-corrected chi connectivity index (χ4v) is 4.28. The number of nitrogens with one attached hydrogen (secondary N) is 1. The summed E-state index contributed by atoms with van der Waals surface area (Å²) in [5.74, 6) is -0.882. The number of hydrogen-bond donors (Lipinski definition) is 2. The molecular weight excluding hydrogens is 393 g/mol. The molecule has 2 aromatic carbocycles. The highest BCUT2D eigenvalue weighted by Crippen LogP contribution is 2.24. The fourth-order valence-electron chi connectivity index (χ4n) is 3.02. The van der Waals surface area contributed by atoms with Crippen molar-refractivity contribution in [3.05, 3.63) is 65.5 Å². The zero-order chi connectivity index (χ0) is 21.4. The lowest BCUT2D eigenvalue weighted by Crippen LogP contribution is -2.29. The van der Waals surface area contributed by atoms with Gasteiger partial charge in [-0.1, -0.05) is 38.1 Å². The van der Waals surface area contributed by atoms with E-state index in [4.69, 9.17) is 5.11 Å². The number of carbonyl (C=O) groups is 1. The zero-order valence-electron chi connectivity index (χ0n) is 16.8. The molecule has 0 aliphatic rings. The molecule has 2 aromatic rings. The van der Waals surface area contributed by atoms with E-state index in [9.17, 15) is 17.6 Å². The number of rotatable bonds is 11. The first kappa shape index (κ1) is 23.0. The third-order valence-electron chi connectivity index (χ3n) is 4.69. The molecule has 1 atom stereocenters. The molecule has 29 heavy (non-hydrogen) atoms. The minimum Gasteiger partial charge on any atom is -0.481 e. The number of sulfonamides is 1. The molecule has 7 heteroatoms. The number of carboxylic acids is 1. The number of aryl methyl sites for hydroxylation is 1. The van der Waals surface area contributed by atoms with E-state index in [0.29, 0.717) is 25.2 Å². The third kappa shape index (κ3) is 7.59. The Labute approximate surface area is 172 Å². The SMILES string of the molecule is CC(C)CCC(NS(=O)(=O)c1ccc(F)cc1)c1ccc(CCCC(=O)O)cc1. The zero-order valence-corrected chi connectivity index (χ0v) is 17.6. The summed E-state index contributed by atoms with van der Waals surface area (Å²) < 4.78 is 41.4. The number of hydrogen-bond acceptors (Lipinski definition) is 3. The second-order valence-electron chi connectivity index (χ2n) is 7.59. The summed E-state index contributed by atoms with van der Waals surface area (Å²) in [6.45, 7) is 4.16. The van der Waals surface area contributed by atoms with Crippen molar-refractivity contribution in [1.82, 2.24) is 4.72 Å². The normalized spacial score (nSPS) is 12.8. The van der Waals surface area contributed by atoms with Gasteiger partial charge in [-0.15, -0.1) is 0 Å². The van der Waals surface area contributed by atoms with Gasteiger partial charge in [0.25, 0.3) is 0 Å². The summed E-state index contributed by atoms with van der Waals surface area (Å²) in [4.78, 5) is 10.7. The Bertz CT molecular complexity index is 893. The van der Waals surface area contributed by atoms with E-state index < -0.39 is 27.9 Å². The first-order chi connectivity index (χ1) is 13.7. The molecule has 0 radical (unpaired) electrons. The summed E-state index contributed by atoms with van der Waals surface area (Å²) in [5, 5.41) is 8.74. The summed E-state index contributed by atoms with van der Waals surface area (Å²) >= 11 is 0. The van der Waals surface area contributed by atoms with E-state index in [0.717, 1.165) is 29.7 Å². The molecule has 158 valence electrons. The van der Waals surface area contributed by atoms with Crippen LogP contribution in [0.15, 0.2) is 53.4 Å². The molecule has 0 aliphatic heterocycles. The van der Waals surface area contributed by atoms with Gasteiger partial charge in [0.1, 0.15) is 5.82 Å². The monoisotopic (exact) mass is 421 g/mol. The van der Waals surface area contributed by atoms with Gasteiger partial charge >= 0.3 is 5.97 Å². The highest BCUT2D eigenvalue weighted by atomic mass is 32.2. The highest BCUT2D eigenvalue weighted by Gasteiger charge is 2.22. The molecule has 0 spiro atoms. The van der Waals surface area contributed by atoms with Crippen molar-refractivity contribution in [2.24, 2.45) is 5.92 Å². The van der Waals surface area contributed by atoms with E-state index in [2.05, 4.69) is 18.6 Å². The van der Waals surface area contributed by atoms with Crippen LogP contribution in [0, 0.1) is 11.7 Å². The molecule has 0 bridgehead atoms. The Morgan fingerprint density at radius 3 is 2.21 bits per heavy atom. The van der Waals surface area contributed by atoms with Crippen molar-refractivity contribution >= 4 is 16.0 Å². The van der Waals surface area contributed by atoms with Crippen molar-refractivity contribution < 1.29 is 22.7 Å². The lowest BCUT2D eigenvalue weighted by atomic mass is 9.97. The van der Waals surface area contributed by atoms with E-state index >= 15 is 0 Å². The lowest BCUT2D eigenvalue weighted by Gasteiger charge is -2.21. The Balaban J connectivity index is 2.16. The molecule has 2 N–H and O–H groups in total. The van der Waals surface area contributed by atoms with Gasteiger partial charge in [0, 0.05) is 12.5 Å². The van der Waals surface area contributed by atoms with Crippen LogP contribution in [0.3, 0.4) is 0 Å². The van der Waals surface area contributed by atoms with E-state index in [1.54, 1.807) is 0 Å². The number of benzene rings is 2. The Kier molecular flexibility index (Phi) is 8.34. The molecule has 2 rings (SSSR count). The van der Waals surface area contributed by atoms with Crippen LogP contribution in [0.4, 0.5) is 4.39 Å². The van der Waals surface area contributed by atoms with Gasteiger partial charge in [0.15, 0.2) is 0 Å². The van der Waals surface area contributed by atoms with Gasteiger partial charge in [-0.2, -0.15) is 0 Å². The van der Waals surface area contributed by atoms with E-state index in [1.807, 2.05) is 24.3 Å². The number of halogens is 1. The molecular formula is C22H28FNO4S. The minimum atomic E-state index is -3.79. The third-order valence-corrected chi connectivity index (χ3v) is 6.18. The van der Waals surface area contributed by atoms with Crippen LogP contribution in [0.1, 0.15) is 56.7 Å². The molecule has 0 heterocycles. The summed E-state index contributed by atoms with van der Waals surface area (Å²) in [7, 11) is -3.79. The Morgan fingerprint density at radius 1 is 1.03 bits per heavy atom. The molecule has 0 aliphatic carbocycles. The van der Waals surface area contributed by atoms with Crippen molar-refractivity contribution in [1.29, 1.82) is 0 Å². The maximum Gasteiger partial charge on any atom is 0.303 e. The topological polar surface area (TPSA) is 83.5 Å². The van der Waals surface area contributed by atoms with Gasteiger partial charge in [-0.05, 0) is 67.0 Å². The predicted octanol–water partition coefficient (Wildman–Crippen LogP) is 4.69. The quantitative estimate of drug-likeness (QED) is 0.551. The second kappa shape index (κ2) is 10.5. The fraction of sp³-hybridized carbons (Fsp3) is 0.409. The van der Waals surface area contributed by atoms with E-state index in [-0.39, 0.29) is 11.3 Å². The van der Waals surface area contributed by atoms with Gasteiger partial charge in [0.2, 0.25) is 10.0 Å². The molecule has 5 nitrogen and oxygen atoms in total. The molecule has 1 unspecified atom stereocenters. The van der Waals surface area contributed by atoms with Gasteiger partial charge in [-0.3, -0.25) is 4.79 Å². The van der Waals surface area contributed by atoms with Crippen LogP contribution in [-0.4, -0.2) is 19.5 Å². The summed E-state index contributed by atoms with van der Waals surface area (Å²) in [6, 6.07) is 11.9. The first-order valence-corrected chi connectivity index (χ1v) is 11.2. The van der Waals surface area contributed by atoms with E-state index in [1.165, 1.54) is 12.1 Å². The average Bonchev–Trinajstić information content (AvgIpc) is 2.65. The van der Waals surface area contributed by atoms with Gasteiger partial charge in [0.05, 0.1) is 4.90 Å². The van der Waals surface area contributed by atoms with Crippen LogP contribution in [-0.2, 0) is 21.2 Å². The van der Waals surface area contributed by atoms with Crippen LogP contribution < -0.4 is 4.72 Å². The summed E-state index contributed by atoms with van der Waals surface area (Å²) in [6.07, 6.45) is 2.82. The van der Waals surface area contributed by atoms with Crippen molar-refractivity contribution in [2.75, 3.05) is 0 Å². The molecule has 0 saturated heterocycles. The molecule has 0 saturated carbocycles.